The van der Waals surface area contributed by atoms with Crippen molar-refractivity contribution in [2.75, 3.05) is 6.61 Å². The van der Waals surface area contributed by atoms with Gasteiger partial charge in [0.2, 0.25) is 0 Å². The minimum atomic E-state index is -0.105. The van der Waals surface area contributed by atoms with Crippen LogP contribution in [0.3, 0.4) is 0 Å². The summed E-state index contributed by atoms with van der Waals surface area (Å²) in [6.45, 7) is 3.28. The van der Waals surface area contributed by atoms with Gasteiger partial charge in [-0.3, -0.25) is 0 Å². The second-order valence-electron chi connectivity index (χ2n) is 7.82. The van der Waals surface area contributed by atoms with E-state index in [1.54, 1.807) is 0 Å². The van der Waals surface area contributed by atoms with E-state index in [1.807, 2.05) is 0 Å². The van der Waals surface area contributed by atoms with Crippen LogP contribution >= 0.6 is 0 Å². The van der Waals surface area contributed by atoms with Crippen LogP contribution < -0.4 is 5.32 Å². The maximum Gasteiger partial charge on any atom is 0.147 e. The number of nitrogens with one attached hydrogen (secondary N) is 1. The standard InChI is InChI=1S/C17H28N4O/c1-12-6-8-17(11-22,9-7-12)18-10-15-19-20-16(13-2-3-13)21(15)14-4-5-14/h12-14,18,22H,2-11H2,1H3. The molecule has 0 bridgehead atoms. The minimum absolute atomic E-state index is 0.105. The van der Waals surface area contributed by atoms with Crippen molar-refractivity contribution in [3.05, 3.63) is 11.6 Å². The van der Waals surface area contributed by atoms with Gasteiger partial charge in [0.1, 0.15) is 11.6 Å². The fourth-order valence-corrected chi connectivity index (χ4v) is 3.78. The first kappa shape index (κ1) is 14.6. The summed E-state index contributed by atoms with van der Waals surface area (Å²) in [6.07, 6.45) is 9.64. The topological polar surface area (TPSA) is 63.0 Å². The summed E-state index contributed by atoms with van der Waals surface area (Å²) in [4.78, 5) is 0. The van der Waals surface area contributed by atoms with Crippen molar-refractivity contribution in [2.24, 2.45) is 5.92 Å². The predicted molar refractivity (Wildman–Crippen MR) is 84.6 cm³/mol. The van der Waals surface area contributed by atoms with E-state index in [1.165, 1.54) is 44.3 Å². The van der Waals surface area contributed by atoms with Crippen LogP contribution in [0.25, 0.3) is 0 Å². The molecule has 0 aromatic carbocycles. The van der Waals surface area contributed by atoms with Crippen LogP contribution in [0.15, 0.2) is 0 Å². The number of aliphatic hydroxyl groups is 1. The molecule has 0 radical (unpaired) electrons. The quantitative estimate of drug-likeness (QED) is 0.847. The van der Waals surface area contributed by atoms with Gasteiger partial charge >= 0.3 is 0 Å². The number of rotatable bonds is 6. The molecule has 3 fully saturated rings. The van der Waals surface area contributed by atoms with E-state index in [4.69, 9.17) is 0 Å². The predicted octanol–water partition coefficient (Wildman–Crippen LogP) is 2.52. The zero-order chi connectivity index (χ0) is 15.2. The summed E-state index contributed by atoms with van der Waals surface area (Å²) in [5.74, 6) is 3.74. The Morgan fingerprint density at radius 3 is 2.45 bits per heavy atom. The van der Waals surface area contributed by atoms with Crippen molar-refractivity contribution in [3.8, 4) is 0 Å². The summed E-state index contributed by atoms with van der Waals surface area (Å²) in [5.41, 5.74) is -0.105. The highest BCUT2D eigenvalue weighted by atomic mass is 16.3. The lowest BCUT2D eigenvalue weighted by Crippen LogP contribution is -2.50. The lowest BCUT2D eigenvalue weighted by atomic mass is 9.77. The van der Waals surface area contributed by atoms with Crippen LogP contribution in [-0.4, -0.2) is 32.0 Å². The molecule has 0 unspecified atom stereocenters. The molecule has 3 aliphatic carbocycles. The molecule has 1 heterocycles. The molecule has 122 valence electrons. The molecule has 22 heavy (non-hydrogen) atoms. The Balaban J connectivity index is 1.47. The van der Waals surface area contributed by atoms with E-state index >= 15 is 0 Å². The summed E-state index contributed by atoms with van der Waals surface area (Å²) in [6, 6.07) is 0.638. The van der Waals surface area contributed by atoms with Crippen molar-refractivity contribution in [3.63, 3.8) is 0 Å². The van der Waals surface area contributed by atoms with E-state index < -0.39 is 0 Å². The Labute approximate surface area is 132 Å². The molecule has 5 heteroatoms. The van der Waals surface area contributed by atoms with Crippen molar-refractivity contribution in [2.45, 2.75) is 82.3 Å². The highest BCUT2D eigenvalue weighted by Crippen LogP contribution is 2.44. The lowest BCUT2D eigenvalue weighted by molar-refractivity contribution is 0.103. The highest BCUT2D eigenvalue weighted by molar-refractivity contribution is 5.12. The van der Waals surface area contributed by atoms with Gasteiger partial charge in [0, 0.05) is 17.5 Å². The second kappa shape index (κ2) is 5.60. The summed E-state index contributed by atoms with van der Waals surface area (Å²) >= 11 is 0. The fourth-order valence-electron chi connectivity index (χ4n) is 3.78. The molecule has 0 saturated heterocycles. The monoisotopic (exact) mass is 304 g/mol. The van der Waals surface area contributed by atoms with E-state index in [2.05, 4.69) is 27.0 Å². The fraction of sp³-hybridized carbons (Fsp3) is 0.882. The molecule has 3 saturated carbocycles. The van der Waals surface area contributed by atoms with Gasteiger partial charge in [-0.1, -0.05) is 6.92 Å². The van der Waals surface area contributed by atoms with Crippen LogP contribution in [0.4, 0.5) is 0 Å². The first-order valence-corrected chi connectivity index (χ1v) is 9.00. The van der Waals surface area contributed by atoms with E-state index in [0.717, 1.165) is 31.1 Å². The van der Waals surface area contributed by atoms with Gasteiger partial charge in [0.25, 0.3) is 0 Å². The molecule has 0 spiro atoms. The Morgan fingerprint density at radius 1 is 1.14 bits per heavy atom. The van der Waals surface area contributed by atoms with Crippen LogP contribution in [0.1, 0.15) is 81.9 Å². The second-order valence-corrected chi connectivity index (χ2v) is 7.82. The zero-order valence-electron chi connectivity index (χ0n) is 13.6. The maximum absolute atomic E-state index is 9.89. The van der Waals surface area contributed by atoms with Gasteiger partial charge in [-0.2, -0.15) is 0 Å². The number of aliphatic hydroxyl groups excluding tert-OH is 1. The number of aromatic nitrogens is 3. The SMILES string of the molecule is CC1CCC(CO)(NCc2nnc(C3CC3)n2C2CC2)CC1. The summed E-state index contributed by atoms with van der Waals surface area (Å²) in [5, 5.41) is 22.5. The zero-order valence-corrected chi connectivity index (χ0v) is 13.6. The third-order valence-corrected chi connectivity index (χ3v) is 5.80. The molecule has 0 aliphatic heterocycles. The number of nitrogens with zero attached hydrogens (tertiary/aromatic N) is 3. The van der Waals surface area contributed by atoms with Gasteiger partial charge in [-0.05, 0) is 57.3 Å². The average molecular weight is 304 g/mol. The van der Waals surface area contributed by atoms with Gasteiger partial charge in [0.05, 0.1) is 13.2 Å². The normalized spacial score (nSPS) is 32.4. The molecule has 4 rings (SSSR count). The van der Waals surface area contributed by atoms with Crippen LogP contribution in [0.5, 0.6) is 0 Å². The summed E-state index contributed by atoms with van der Waals surface area (Å²) < 4.78 is 2.40. The third-order valence-electron chi connectivity index (χ3n) is 5.80. The van der Waals surface area contributed by atoms with E-state index in [0.29, 0.717) is 12.0 Å². The van der Waals surface area contributed by atoms with Gasteiger partial charge < -0.3 is 15.0 Å². The molecular formula is C17H28N4O. The molecule has 1 aromatic rings. The average Bonchev–Trinajstić information content (AvgIpc) is 3.46. The van der Waals surface area contributed by atoms with Crippen LogP contribution in [-0.2, 0) is 6.54 Å². The van der Waals surface area contributed by atoms with Crippen molar-refractivity contribution in [1.82, 2.24) is 20.1 Å². The van der Waals surface area contributed by atoms with Crippen LogP contribution in [0.2, 0.25) is 0 Å². The Hall–Kier alpha value is -0.940. The molecule has 3 aliphatic rings. The Kier molecular flexibility index (Phi) is 3.73. The third kappa shape index (κ3) is 2.81. The Bertz CT molecular complexity index is 525. The van der Waals surface area contributed by atoms with Gasteiger partial charge in [0.15, 0.2) is 0 Å². The van der Waals surface area contributed by atoms with Gasteiger partial charge in [-0.15, -0.1) is 10.2 Å². The maximum atomic E-state index is 9.89. The van der Waals surface area contributed by atoms with Crippen molar-refractivity contribution < 1.29 is 5.11 Å². The molecular weight excluding hydrogens is 276 g/mol. The van der Waals surface area contributed by atoms with Crippen molar-refractivity contribution >= 4 is 0 Å². The van der Waals surface area contributed by atoms with E-state index in [-0.39, 0.29) is 12.1 Å². The lowest BCUT2D eigenvalue weighted by Gasteiger charge is -2.39. The number of hydrogen-bond donors (Lipinski definition) is 2. The first-order valence-electron chi connectivity index (χ1n) is 9.00. The van der Waals surface area contributed by atoms with Crippen LogP contribution in [0, 0.1) is 5.92 Å². The number of hydrogen-bond acceptors (Lipinski definition) is 4. The minimum Gasteiger partial charge on any atom is -0.394 e. The largest absolute Gasteiger partial charge is 0.394 e. The first-order chi connectivity index (χ1) is 10.7. The smallest absolute Gasteiger partial charge is 0.147 e. The molecule has 0 amide bonds. The molecule has 5 nitrogen and oxygen atoms in total. The van der Waals surface area contributed by atoms with Gasteiger partial charge in [-0.25, -0.2) is 0 Å². The molecule has 1 aromatic heterocycles. The highest BCUT2D eigenvalue weighted by Gasteiger charge is 2.37. The molecule has 0 atom stereocenters. The van der Waals surface area contributed by atoms with E-state index in [9.17, 15) is 5.11 Å². The molecule has 2 N–H and O–H groups in total. The Morgan fingerprint density at radius 2 is 1.86 bits per heavy atom. The van der Waals surface area contributed by atoms with Crippen molar-refractivity contribution in [1.29, 1.82) is 0 Å². The summed E-state index contributed by atoms with van der Waals surface area (Å²) in [7, 11) is 0.